The van der Waals surface area contributed by atoms with E-state index in [9.17, 15) is 5.11 Å². The van der Waals surface area contributed by atoms with E-state index in [0.717, 1.165) is 22.6 Å². The van der Waals surface area contributed by atoms with Gasteiger partial charge in [0.2, 0.25) is 0 Å². The molecular weight excluding hydrogens is 252 g/mol. The van der Waals surface area contributed by atoms with Gasteiger partial charge in [0.1, 0.15) is 6.10 Å². The lowest BCUT2D eigenvalue weighted by Crippen LogP contribution is -2.08. The summed E-state index contributed by atoms with van der Waals surface area (Å²) in [6.07, 6.45) is 2.78. The molecule has 1 N–H and O–H groups in total. The zero-order chi connectivity index (χ0) is 14.1. The SMILES string of the molecule is Cc1nn(C)cc1C(O)c1ccnn1-c1ccccc1. The van der Waals surface area contributed by atoms with Crippen LogP contribution in [0.15, 0.2) is 48.8 Å². The number of aliphatic hydroxyl groups excluding tert-OH is 1. The maximum absolute atomic E-state index is 10.6. The Morgan fingerprint density at radius 2 is 1.90 bits per heavy atom. The van der Waals surface area contributed by atoms with E-state index in [1.54, 1.807) is 15.6 Å². The third-order valence-electron chi connectivity index (χ3n) is 3.30. The second kappa shape index (κ2) is 4.94. The summed E-state index contributed by atoms with van der Waals surface area (Å²) in [5, 5.41) is 19.2. The molecule has 1 aromatic carbocycles. The highest BCUT2D eigenvalue weighted by Gasteiger charge is 2.20. The van der Waals surface area contributed by atoms with Crippen LogP contribution in [0.4, 0.5) is 0 Å². The summed E-state index contributed by atoms with van der Waals surface area (Å²) < 4.78 is 3.45. The fourth-order valence-corrected chi connectivity index (χ4v) is 2.35. The van der Waals surface area contributed by atoms with E-state index >= 15 is 0 Å². The van der Waals surface area contributed by atoms with Gasteiger partial charge in [0.25, 0.3) is 0 Å². The molecule has 0 aliphatic heterocycles. The Hall–Kier alpha value is -2.40. The maximum Gasteiger partial charge on any atom is 0.124 e. The van der Waals surface area contributed by atoms with Crippen molar-refractivity contribution < 1.29 is 5.11 Å². The standard InChI is InChI=1S/C15H16N4O/c1-11-13(10-18(2)17-11)15(20)14-8-9-16-19(14)12-6-4-3-5-7-12/h3-10,15,20H,1-2H3. The topological polar surface area (TPSA) is 55.9 Å². The van der Waals surface area contributed by atoms with Gasteiger partial charge in [-0.2, -0.15) is 10.2 Å². The number of aryl methyl sites for hydroxylation is 2. The van der Waals surface area contributed by atoms with Crippen LogP contribution < -0.4 is 0 Å². The van der Waals surface area contributed by atoms with E-state index in [0.29, 0.717) is 0 Å². The molecule has 2 aromatic heterocycles. The van der Waals surface area contributed by atoms with Crippen molar-refractivity contribution in [2.75, 3.05) is 0 Å². The first-order chi connectivity index (χ1) is 9.66. The van der Waals surface area contributed by atoms with E-state index in [-0.39, 0.29) is 0 Å². The minimum Gasteiger partial charge on any atom is -0.382 e. The summed E-state index contributed by atoms with van der Waals surface area (Å²) >= 11 is 0. The van der Waals surface area contributed by atoms with Gasteiger partial charge in [0.05, 0.1) is 17.1 Å². The van der Waals surface area contributed by atoms with E-state index in [1.807, 2.05) is 56.6 Å². The normalized spacial score (nSPS) is 12.6. The number of hydrogen-bond acceptors (Lipinski definition) is 3. The van der Waals surface area contributed by atoms with Crippen LogP contribution in [0.5, 0.6) is 0 Å². The lowest BCUT2D eigenvalue weighted by molar-refractivity contribution is 0.211. The fourth-order valence-electron chi connectivity index (χ4n) is 2.35. The monoisotopic (exact) mass is 268 g/mol. The summed E-state index contributed by atoms with van der Waals surface area (Å²) in [6.45, 7) is 1.89. The highest BCUT2D eigenvalue weighted by molar-refractivity contribution is 5.35. The summed E-state index contributed by atoms with van der Waals surface area (Å²) in [5.74, 6) is 0. The molecule has 0 saturated carbocycles. The Kier molecular flexibility index (Phi) is 3.12. The van der Waals surface area contributed by atoms with Gasteiger partial charge in [-0.3, -0.25) is 4.68 Å². The van der Waals surface area contributed by atoms with Crippen molar-refractivity contribution in [3.63, 3.8) is 0 Å². The third-order valence-corrected chi connectivity index (χ3v) is 3.30. The Morgan fingerprint density at radius 1 is 1.15 bits per heavy atom. The van der Waals surface area contributed by atoms with Crippen molar-refractivity contribution in [1.29, 1.82) is 0 Å². The minimum absolute atomic E-state index is 0.729. The highest BCUT2D eigenvalue weighted by Crippen LogP contribution is 2.25. The van der Waals surface area contributed by atoms with Crippen molar-refractivity contribution in [1.82, 2.24) is 19.6 Å². The molecule has 5 heteroatoms. The lowest BCUT2D eigenvalue weighted by atomic mass is 10.1. The van der Waals surface area contributed by atoms with Gasteiger partial charge >= 0.3 is 0 Å². The fraction of sp³-hybridized carbons (Fsp3) is 0.200. The van der Waals surface area contributed by atoms with E-state index in [2.05, 4.69) is 10.2 Å². The summed E-state index contributed by atoms with van der Waals surface area (Å²) in [5.41, 5.74) is 3.27. The van der Waals surface area contributed by atoms with Crippen LogP contribution in [-0.2, 0) is 7.05 Å². The van der Waals surface area contributed by atoms with Gasteiger partial charge in [-0.1, -0.05) is 18.2 Å². The predicted octanol–water partition coefficient (Wildman–Crippen LogP) is 2.00. The Morgan fingerprint density at radius 3 is 2.55 bits per heavy atom. The minimum atomic E-state index is -0.744. The quantitative estimate of drug-likeness (QED) is 0.790. The van der Waals surface area contributed by atoms with Crippen LogP contribution in [0.2, 0.25) is 0 Å². The molecule has 1 unspecified atom stereocenters. The Balaban J connectivity index is 2.04. The predicted molar refractivity (Wildman–Crippen MR) is 75.6 cm³/mol. The molecule has 0 radical (unpaired) electrons. The highest BCUT2D eigenvalue weighted by atomic mass is 16.3. The summed E-state index contributed by atoms with van der Waals surface area (Å²) in [6, 6.07) is 11.6. The number of nitrogens with zero attached hydrogens (tertiary/aromatic N) is 4. The van der Waals surface area contributed by atoms with Crippen molar-refractivity contribution >= 4 is 0 Å². The smallest absolute Gasteiger partial charge is 0.124 e. The number of benzene rings is 1. The van der Waals surface area contributed by atoms with Crippen LogP contribution in [0.25, 0.3) is 5.69 Å². The maximum atomic E-state index is 10.6. The molecular formula is C15H16N4O. The van der Waals surface area contributed by atoms with Crippen molar-refractivity contribution in [3.05, 3.63) is 65.7 Å². The molecule has 102 valence electrons. The van der Waals surface area contributed by atoms with Gasteiger partial charge in [0, 0.05) is 25.0 Å². The molecule has 0 bridgehead atoms. The molecule has 0 spiro atoms. The van der Waals surface area contributed by atoms with Crippen molar-refractivity contribution in [3.8, 4) is 5.69 Å². The molecule has 0 fully saturated rings. The molecule has 20 heavy (non-hydrogen) atoms. The van der Waals surface area contributed by atoms with Gasteiger partial charge in [-0.15, -0.1) is 0 Å². The molecule has 2 heterocycles. The Bertz CT molecular complexity index is 715. The van der Waals surface area contributed by atoms with E-state index < -0.39 is 6.10 Å². The number of rotatable bonds is 3. The summed E-state index contributed by atoms with van der Waals surface area (Å²) in [4.78, 5) is 0. The number of aromatic nitrogens is 4. The van der Waals surface area contributed by atoms with Crippen LogP contribution in [-0.4, -0.2) is 24.7 Å². The lowest BCUT2D eigenvalue weighted by Gasteiger charge is -2.12. The van der Waals surface area contributed by atoms with Gasteiger partial charge in [-0.05, 0) is 25.1 Å². The van der Waals surface area contributed by atoms with E-state index in [4.69, 9.17) is 0 Å². The molecule has 1 atom stereocenters. The van der Waals surface area contributed by atoms with Crippen LogP contribution in [0, 0.1) is 6.92 Å². The number of aliphatic hydroxyl groups is 1. The van der Waals surface area contributed by atoms with E-state index in [1.165, 1.54) is 0 Å². The Labute approximate surface area is 117 Å². The summed E-state index contributed by atoms with van der Waals surface area (Å²) in [7, 11) is 1.84. The zero-order valence-corrected chi connectivity index (χ0v) is 11.4. The molecule has 3 aromatic rings. The molecule has 0 saturated heterocycles. The zero-order valence-electron chi connectivity index (χ0n) is 11.4. The first-order valence-electron chi connectivity index (χ1n) is 6.44. The van der Waals surface area contributed by atoms with Crippen LogP contribution >= 0.6 is 0 Å². The first-order valence-corrected chi connectivity index (χ1v) is 6.44. The average Bonchev–Trinajstić information content (AvgIpc) is 3.05. The van der Waals surface area contributed by atoms with Crippen molar-refractivity contribution in [2.24, 2.45) is 7.05 Å². The van der Waals surface area contributed by atoms with Gasteiger partial charge < -0.3 is 5.11 Å². The second-order valence-electron chi connectivity index (χ2n) is 4.75. The largest absolute Gasteiger partial charge is 0.382 e. The third kappa shape index (κ3) is 2.12. The van der Waals surface area contributed by atoms with Crippen LogP contribution in [0.1, 0.15) is 23.1 Å². The van der Waals surface area contributed by atoms with Crippen molar-refractivity contribution in [2.45, 2.75) is 13.0 Å². The van der Waals surface area contributed by atoms with Gasteiger partial charge in [-0.25, -0.2) is 4.68 Å². The molecule has 0 aliphatic carbocycles. The molecule has 5 nitrogen and oxygen atoms in total. The van der Waals surface area contributed by atoms with Crippen LogP contribution in [0.3, 0.4) is 0 Å². The molecule has 3 rings (SSSR count). The second-order valence-corrected chi connectivity index (χ2v) is 4.75. The van der Waals surface area contributed by atoms with Gasteiger partial charge in [0.15, 0.2) is 0 Å². The number of para-hydroxylation sites is 1. The molecule has 0 aliphatic rings. The number of hydrogen-bond donors (Lipinski definition) is 1. The average molecular weight is 268 g/mol. The first kappa shape index (κ1) is 12.6. The molecule has 0 amide bonds.